The lowest BCUT2D eigenvalue weighted by molar-refractivity contribution is -0.186. The molecule has 0 bridgehead atoms. The van der Waals surface area contributed by atoms with E-state index in [1.54, 1.807) is 0 Å². The van der Waals surface area contributed by atoms with Crippen molar-refractivity contribution < 1.29 is 26.7 Å². The molecule has 116 valence electrons. The molecule has 0 amide bonds. The molecule has 2 unspecified atom stereocenters. The zero-order valence-electron chi connectivity index (χ0n) is 11.2. The maximum absolute atomic E-state index is 13.1. The Kier molecular flexibility index (Phi) is 4.64. The Morgan fingerprint density at radius 2 is 1.86 bits per heavy atom. The minimum absolute atomic E-state index is 0.0540. The van der Waals surface area contributed by atoms with Crippen LogP contribution in [0.1, 0.15) is 31.2 Å². The fraction of sp³-hybridized carbons (Fsp3) is 0.533. The molecular formula is C15H15F5O. The highest BCUT2D eigenvalue weighted by Gasteiger charge is 2.43. The van der Waals surface area contributed by atoms with Crippen LogP contribution in [0.5, 0.6) is 0 Å². The van der Waals surface area contributed by atoms with E-state index in [0.29, 0.717) is 12.8 Å². The monoisotopic (exact) mass is 306 g/mol. The van der Waals surface area contributed by atoms with Crippen LogP contribution in [0.15, 0.2) is 18.2 Å². The highest BCUT2D eigenvalue weighted by atomic mass is 19.4. The Bertz CT molecular complexity index is 523. The Morgan fingerprint density at radius 1 is 1.14 bits per heavy atom. The van der Waals surface area contributed by atoms with E-state index >= 15 is 0 Å². The zero-order valence-corrected chi connectivity index (χ0v) is 11.2. The number of halogens is 5. The molecule has 2 atom stereocenters. The summed E-state index contributed by atoms with van der Waals surface area (Å²) in [4.78, 5) is 12.1. The molecule has 1 aromatic rings. The van der Waals surface area contributed by atoms with Gasteiger partial charge in [-0.25, -0.2) is 8.78 Å². The van der Waals surface area contributed by atoms with Crippen LogP contribution < -0.4 is 0 Å². The standard InChI is InChI=1S/C15H15F5O/c16-12-5-4-9(6-13(12)17)7-14(21)10-2-1-3-11(8-10)15(18,19)20/h4-6,10-11H,1-3,7-8H2. The van der Waals surface area contributed by atoms with Crippen LogP contribution in [0.4, 0.5) is 22.0 Å². The van der Waals surface area contributed by atoms with Gasteiger partial charge in [-0.1, -0.05) is 12.5 Å². The molecule has 6 heteroatoms. The van der Waals surface area contributed by atoms with Crippen molar-refractivity contribution in [2.24, 2.45) is 11.8 Å². The number of Topliss-reactive ketones (excluding diaryl/α,β-unsaturated/α-hetero) is 1. The lowest BCUT2D eigenvalue weighted by Gasteiger charge is -2.29. The number of benzene rings is 1. The number of hydrogen-bond acceptors (Lipinski definition) is 1. The molecule has 0 radical (unpaired) electrons. The molecule has 0 aromatic heterocycles. The quantitative estimate of drug-likeness (QED) is 0.754. The fourth-order valence-corrected chi connectivity index (χ4v) is 2.77. The number of carbonyl (C=O) groups is 1. The molecule has 1 aliphatic carbocycles. The molecule has 2 rings (SSSR count). The Morgan fingerprint density at radius 3 is 2.48 bits per heavy atom. The highest BCUT2D eigenvalue weighted by molar-refractivity contribution is 5.83. The van der Waals surface area contributed by atoms with E-state index in [9.17, 15) is 26.7 Å². The lowest BCUT2D eigenvalue weighted by atomic mass is 9.78. The predicted molar refractivity (Wildman–Crippen MR) is 66.6 cm³/mol. The second kappa shape index (κ2) is 6.12. The number of alkyl halides is 3. The van der Waals surface area contributed by atoms with Crippen molar-refractivity contribution in [1.82, 2.24) is 0 Å². The van der Waals surface area contributed by atoms with Crippen LogP contribution in [0.2, 0.25) is 0 Å². The van der Waals surface area contributed by atoms with E-state index in [4.69, 9.17) is 0 Å². The summed E-state index contributed by atoms with van der Waals surface area (Å²) in [6.07, 6.45) is -3.80. The van der Waals surface area contributed by atoms with Gasteiger partial charge in [0.05, 0.1) is 5.92 Å². The van der Waals surface area contributed by atoms with Crippen molar-refractivity contribution in [3.63, 3.8) is 0 Å². The average molecular weight is 306 g/mol. The molecule has 0 saturated heterocycles. The first kappa shape index (κ1) is 15.9. The van der Waals surface area contributed by atoms with Crippen molar-refractivity contribution in [3.05, 3.63) is 35.4 Å². The van der Waals surface area contributed by atoms with Gasteiger partial charge in [0.25, 0.3) is 0 Å². The molecule has 21 heavy (non-hydrogen) atoms. The predicted octanol–water partition coefficient (Wildman–Crippen LogP) is 4.45. The van der Waals surface area contributed by atoms with Crippen LogP contribution in [0.3, 0.4) is 0 Å². The summed E-state index contributed by atoms with van der Waals surface area (Å²) in [5.41, 5.74) is 0.285. The molecule has 1 nitrogen and oxygen atoms in total. The van der Waals surface area contributed by atoms with Crippen molar-refractivity contribution in [1.29, 1.82) is 0 Å². The largest absolute Gasteiger partial charge is 0.391 e. The van der Waals surface area contributed by atoms with Gasteiger partial charge in [0.15, 0.2) is 11.6 Å². The maximum Gasteiger partial charge on any atom is 0.391 e. The third-order valence-electron chi connectivity index (χ3n) is 3.95. The van der Waals surface area contributed by atoms with Gasteiger partial charge >= 0.3 is 6.18 Å². The minimum Gasteiger partial charge on any atom is -0.299 e. The first-order valence-electron chi connectivity index (χ1n) is 6.80. The number of ketones is 1. The third kappa shape index (κ3) is 4.02. The first-order chi connectivity index (χ1) is 9.77. The van der Waals surface area contributed by atoms with Gasteiger partial charge in [-0.05, 0) is 37.0 Å². The summed E-state index contributed by atoms with van der Waals surface area (Å²) in [6, 6.07) is 3.11. The van der Waals surface area contributed by atoms with Crippen molar-refractivity contribution >= 4 is 5.78 Å². The van der Waals surface area contributed by atoms with Crippen LogP contribution >= 0.6 is 0 Å². The summed E-state index contributed by atoms with van der Waals surface area (Å²) in [5, 5.41) is 0. The second-order valence-electron chi connectivity index (χ2n) is 5.49. The van der Waals surface area contributed by atoms with Crippen LogP contribution in [-0.4, -0.2) is 12.0 Å². The second-order valence-corrected chi connectivity index (χ2v) is 5.49. The SMILES string of the molecule is O=C(Cc1ccc(F)c(F)c1)C1CCCC(C(F)(F)F)C1. The van der Waals surface area contributed by atoms with E-state index in [1.807, 2.05) is 0 Å². The molecule has 0 aliphatic heterocycles. The number of rotatable bonds is 3. The molecule has 1 saturated carbocycles. The normalized spacial score (nSPS) is 23.1. The minimum atomic E-state index is -4.28. The van der Waals surface area contributed by atoms with Crippen molar-refractivity contribution in [3.8, 4) is 0 Å². The van der Waals surface area contributed by atoms with E-state index in [2.05, 4.69) is 0 Å². The summed E-state index contributed by atoms with van der Waals surface area (Å²) < 4.78 is 63.9. The van der Waals surface area contributed by atoms with Crippen LogP contribution in [-0.2, 0) is 11.2 Å². The van der Waals surface area contributed by atoms with E-state index in [1.165, 1.54) is 6.07 Å². The van der Waals surface area contributed by atoms with Gasteiger partial charge in [-0.3, -0.25) is 4.79 Å². The molecular weight excluding hydrogens is 291 g/mol. The van der Waals surface area contributed by atoms with Gasteiger partial charge in [-0.2, -0.15) is 13.2 Å². The Hall–Kier alpha value is -1.46. The van der Waals surface area contributed by atoms with Gasteiger partial charge in [-0.15, -0.1) is 0 Å². The van der Waals surface area contributed by atoms with Crippen molar-refractivity contribution in [2.75, 3.05) is 0 Å². The van der Waals surface area contributed by atoms with Gasteiger partial charge in [0.1, 0.15) is 5.78 Å². The van der Waals surface area contributed by atoms with Gasteiger partial charge in [0, 0.05) is 12.3 Å². The number of hydrogen-bond donors (Lipinski definition) is 0. The fourth-order valence-electron chi connectivity index (χ4n) is 2.77. The van der Waals surface area contributed by atoms with Crippen LogP contribution in [0, 0.1) is 23.5 Å². The summed E-state index contributed by atoms with van der Waals surface area (Å²) in [7, 11) is 0. The van der Waals surface area contributed by atoms with Crippen molar-refractivity contribution in [2.45, 2.75) is 38.3 Å². The summed E-state index contributed by atoms with van der Waals surface area (Å²) in [6.45, 7) is 0. The smallest absolute Gasteiger partial charge is 0.299 e. The van der Waals surface area contributed by atoms with Gasteiger partial charge in [0.2, 0.25) is 0 Å². The highest BCUT2D eigenvalue weighted by Crippen LogP contribution is 2.40. The Labute approximate surface area is 119 Å². The first-order valence-corrected chi connectivity index (χ1v) is 6.80. The molecule has 0 heterocycles. The van der Waals surface area contributed by atoms with E-state index in [0.717, 1.165) is 12.1 Å². The zero-order chi connectivity index (χ0) is 15.6. The van der Waals surface area contributed by atoms with Crippen LogP contribution in [0.25, 0.3) is 0 Å². The molecule has 1 aliphatic rings. The van der Waals surface area contributed by atoms with E-state index < -0.39 is 29.6 Å². The Balaban J connectivity index is 2.01. The average Bonchev–Trinajstić information content (AvgIpc) is 2.42. The summed E-state index contributed by atoms with van der Waals surface area (Å²) >= 11 is 0. The van der Waals surface area contributed by atoms with Gasteiger partial charge < -0.3 is 0 Å². The lowest BCUT2D eigenvalue weighted by Crippen LogP contribution is -2.32. The number of carbonyl (C=O) groups excluding carboxylic acids is 1. The maximum atomic E-state index is 13.1. The molecule has 1 aromatic carbocycles. The molecule has 0 N–H and O–H groups in total. The van der Waals surface area contributed by atoms with E-state index in [-0.39, 0.29) is 30.6 Å². The summed E-state index contributed by atoms with van der Waals surface area (Å²) in [5.74, 6) is -4.50. The third-order valence-corrected chi connectivity index (χ3v) is 3.95. The molecule has 1 fully saturated rings. The topological polar surface area (TPSA) is 17.1 Å². The molecule has 0 spiro atoms.